The van der Waals surface area contributed by atoms with Crippen LogP contribution in [0.15, 0.2) is 47.1 Å². The number of ketones is 1. The largest absolute Gasteiger partial charge is 0.465 e. The van der Waals surface area contributed by atoms with Crippen molar-refractivity contribution < 1.29 is 18.7 Å². The van der Waals surface area contributed by atoms with Crippen molar-refractivity contribution in [3.05, 3.63) is 59.5 Å². The molecule has 0 amide bonds. The van der Waals surface area contributed by atoms with Gasteiger partial charge in [0.15, 0.2) is 5.76 Å². The summed E-state index contributed by atoms with van der Waals surface area (Å²) in [5.41, 5.74) is 0.871. The van der Waals surface area contributed by atoms with Crippen LogP contribution in [0.5, 0.6) is 0 Å². The van der Waals surface area contributed by atoms with Crippen molar-refractivity contribution in [3.8, 4) is 0 Å². The molecule has 0 spiro atoms. The summed E-state index contributed by atoms with van der Waals surface area (Å²) in [5, 5.41) is 0. The SMILES string of the molecule is COC(=O)c1ccc(C(=O)c2ccco2)cc1. The highest BCUT2D eigenvalue weighted by atomic mass is 16.5. The molecule has 4 nitrogen and oxygen atoms in total. The number of benzene rings is 1. The number of hydrogen-bond donors (Lipinski definition) is 0. The number of ether oxygens (including phenoxy) is 1. The molecule has 1 aromatic carbocycles. The van der Waals surface area contributed by atoms with Crippen LogP contribution in [0.1, 0.15) is 26.5 Å². The van der Waals surface area contributed by atoms with E-state index in [4.69, 9.17) is 4.42 Å². The predicted molar refractivity (Wildman–Crippen MR) is 59.9 cm³/mol. The average molecular weight is 230 g/mol. The smallest absolute Gasteiger partial charge is 0.337 e. The van der Waals surface area contributed by atoms with E-state index in [9.17, 15) is 9.59 Å². The van der Waals surface area contributed by atoms with Crippen molar-refractivity contribution in [2.75, 3.05) is 7.11 Å². The molecule has 0 saturated carbocycles. The van der Waals surface area contributed by atoms with Crippen LogP contribution in [0.3, 0.4) is 0 Å². The zero-order valence-electron chi connectivity index (χ0n) is 9.17. The highest BCUT2D eigenvalue weighted by molar-refractivity contribution is 6.07. The number of rotatable bonds is 3. The van der Waals surface area contributed by atoms with Gasteiger partial charge in [0.05, 0.1) is 18.9 Å². The number of carbonyl (C=O) groups is 2. The Morgan fingerprint density at radius 3 is 2.24 bits per heavy atom. The fraction of sp³-hybridized carbons (Fsp3) is 0.0769. The zero-order valence-corrected chi connectivity index (χ0v) is 9.17. The first-order chi connectivity index (χ1) is 8.22. The van der Waals surface area contributed by atoms with Crippen LogP contribution < -0.4 is 0 Å². The topological polar surface area (TPSA) is 56.5 Å². The Kier molecular flexibility index (Phi) is 3.05. The van der Waals surface area contributed by atoms with Gasteiger partial charge in [0.25, 0.3) is 0 Å². The summed E-state index contributed by atoms with van der Waals surface area (Å²) in [4.78, 5) is 23.0. The summed E-state index contributed by atoms with van der Waals surface area (Å²) in [5.74, 6) is -0.371. The molecule has 0 bridgehead atoms. The molecule has 0 aliphatic carbocycles. The second-order valence-corrected chi connectivity index (χ2v) is 3.38. The van der Waals surface area contributed by atoms with Crippen molar-refractivity contribution >= 4 is 11.8 Å². The first kappa shape index (κ1) is 11.1. The standard InChI is InChI=1S/C13H10O4/c1-16-13(15)10-6-4-9(5-7-10)12(14)11-3-2-8-17-11/h2-8H,1H3. The van der Waals surface area contributed by atoms with Crippen LogP contribution in [0.4, 0.5) is 0 Å². The van der Waals surface area contributed by atoms with E-state index in [1.807, 2.05) is 0 Å². The van der Waals surface area contributed by atoms with Crippen LogP contribution in [0.25, 0.3) is 0 Å². The first-order valence-corrected chi connectivity index (χ1v) is 4.99. The fourth-order valence-corrected chi connectivity index (χ4v) is 1.43. The summed E-state index contributed by atoms with van der Waals surface area (Å²) >= 11 is 0. The van der Waals surface area contributed by atoms with Gasteiger partial charge in [-0.25, -0.2) is 4.79 Å². The Balaban J connectivity index is 2.24. The van der Waals surface area contributed by atoms with E-state index < -0.39 is 5.97 Å². The molecule has 0 fully saturated rings. The van der Waals surface area contributed by atoms with Gasteiger partial charge in [0.1, 0.15) is 0 Å². The number of methoxy groups -OCH3 is 1. The highest BCUT2D eigenvalue weighted by Crippen LogP contribution is 2.12. The number of esters is 1. The molecule has 0 aliphatic rings. The molecule has 0 atom stereocenters. The number of furan rings is 1. The van der Waals surface area contributed by atoms with Crippen LogP contribution in [0.2, 0.25) is 0 Å². The minimum atomic E-state index is -0.429. The van der Waals surface area contributed by atoms with Crippen LogP contribution >= 0.6 is 0 Å². The Morgan fingerprint density at radius 2 is 1.71 bits per heavy atom. The van der Waals surface area contributed by atoms with E-state index in [2.05, 4.69) is 4.74 Å². The lowest BCUT2D eigenvalue weighted by atomic mass is 10.1. The molecule has 1 heterocycles. The molecule has 0 aliphatic heterocycles. The Morgan fingerprint density at radius 1 is 1.06 bits per heavy atom. The van der Waals surface area contributed by atoms with Gasteiger partial charge in [-0.3, -0.25) is 4.79 Å². The summed E-state index contributed by atoms with van der Waals surface area (Å²) in [7, 11) is 1.31. The van der Waals surface area contributed by atoms with Crippen molar-refractivity contribution in [1.29, 1.82) is 0 Å². The molecule has 2 aromatic rings. The van der Waals surface area contributed by atoms with E-state index >= 15 is 0 Å². The third kappa shape index (κ3) is 2.25. The van der Waals surface area contributed by atoms with Crippen molar-refractivity contribution in [1.82, 2.24) is 0 Å². The number of carbonyl (C=O) groups excluding carboxylic acids is 2. The molecule has 0 unspecified atom stereocenters. The lowest BCUT2D eigenvalue weighted by Gasteiger charge is -2.00. The molecular weight excluding hydrogens is 220 g/mol. The van der Waals surface area contributed by atoms with E-state index in [0.29, 0.717) is 11.1 Å². The Labute approximate surface area is 97.8 Å². The maximum absolute atomic E-state index is 11.8. The zero-order chi connectivity index (χ0) is 12.3. The Bertz CT molecular complexity index is 523. The lowest BCUT2D eigenvalue weighted by Crippen LogP contribution is -2.03. The van der Waals surface area contributed by atoms with Gasteiger partial charge >= 0.3 is 5.97 Å². The predicted octanol–water partition coefficient (Wildman–Crippen LogP) is 2.30. The summed E-state index contributed by atoms with van der Waals surface area (Å²) < 4.78 is 9.57. The molecular formula is C13H10O4. The highest BCUT2D eigenvalue weighted by Gasteiger charge is 2.12. The maximum atomic E-state index is 11.8. The van der Waals surface area contributed by atoms with E-state index in [1.54, 1.807) is 36.4 Å². The molecule has 0 N–H and O–H groups in total. The molecule has 86 valence electrons. The summed E-state index contributed by atoms with van der Waals surface area (Å²) in [6.45, 7) is 0. The van der Waals surface area contributed by atoms with Gasteiger partial charge in [-0.05, 0) is 24.3 Å². The lowest BCUT2D eigenvalue weighted by molar-refractivity contribution is 0.0600. The van der Waals surface area contributed by atoms with Gasteiger partial charge in [-0.2, -0.15) is 0 Å². The van der Waals surface area contributed by atoms with Crippen molar-refractivity contribution in [2.45, 2.75) is 0 Å². The molecule has 4 heteroatoms. The van der Waals surface area contributed by atoms with Gasteiger partial charge in [0.2, 0.25) is 5.78 Å². The minimum Gasteiger partial charge on any atom is -0.465 e. The minimum absolute atomic E-state index is 0.216. The van der Waals surface area contributed by atoms with Crippen molar-refractivity contribution in [3.63, 3.8) is 0 Å². The van der Waals surface area contributed by atoms with Crippen LogP contribution in [-0.4, -0.2) is 18.9 Å². The molecule has 0 radical (unpaired) electrons. The molecule has 0 saturated heterocycles. The van der Waals surface area contributed by atoms with E-state index in [-0.39, 0.29) is 11.5 Å². The van der Waals surface area contributed by atoms with E-state index in [0.717, 1.165) is 0 Å². The summed E-state index contributed by atoms with van der Waals surface area (Å²) in [6, 6.07) is 9.46. The van der Waals surface area contributed by atoms with Crippen LogP contribution in [0, 0.1) is 0 Å². The fourth-order valence-electron chi connectivity index (χ4n) is 1.43. The second-order valence-electron chi connectivity index (χ2n) is 3.38. The third-order valence-electron chi connectivity index (χ3n) is 2.31. The molecule has 2 rings (SSSR count). The normalized spacial score (nSPS) is 9.94. The molecule has 17 heavy (non-hydrogen) atoms. The van der Waals surface area contributed by atoms with Gasteiger partial charge < -0.3 is 9.15 Å². The second kappa shape index (κ2) is 4.65. The van der Waals surface area contributed by atoms with E-state index in [1.165, 1.54) is 13.4 Å². The van der Waals surface area contributed by atoms with Crippen LogP contribution in [-0.2, 0) is 4.74 Å². The quantitative estimate of drug-likeness (QED) is 0.599. The van der Waals surface area contributed by atoms with Crippen molar-refractivity contribution in [2.24, 2.45) is 0 Å². The van der Waals surface area contributed by atoms with Gasteiger partial charge in [0, 0.05) is 5.56 Å². The summed E-state index contributed by atoms with van der Waals surface area (Å²) in [6.07, 6.45) is 1.44. The third-order valence-corrected chi connectivity index (χ3v) is 2.31. The molecule has 1 aromatic heterocycles. The average Bonchev–Trinajstić information content (AvgIpc) is 2.91. The van der Waals surface area contributed by atoms with Gasteiger partial charge in [-0.1, -0.05) is 12.1 Å². The monoisotopic (exact) mass is 230 g/mol. The number of hydrogen-bond acceptors (Lipinski definition) is 4. The Hall–Kier alpha value is -2.36. The first-order valence-electron chi connectivity index (χ1n) is 4.99. The maximum Gasteiger partial charge on any atom is 0.337 e. The van der Waals surface area contributed by atoms with Gasteiger partial charge in [-0.15, -0.1) is 0 Å².